The van der Waals surface area contributed by atoms with E-state index >= 15 is 0 Å². The monoisotopic (exact) mass is 281 g/mol. The number of amides is 1. The Kier molecular flexibility index (Phi) is 6.97. The molecule has 20 heavy (non-hydrogen) atoms. The van der Waals surface area contributed by atoms with E-state index in [4.69, 9.17) is 10.2 Å². The van der Waals surface area contributed by atoms with E-state index in [-0.39, 0.29) is 32.2 Å². The molecule has 6 nitrogen and oxygen atoms in total. The van der Waals surface area contributed by atoms with Crippen molar-refractivity contribution in [2.45, 2.75) is 20.3 Å². The highest BCUT2D eigenvalue weighted by Gasteiger charge is 2.18. The predicted molar refractivity (Wildman–Crippen MR) is 77.8 cm³/mol. The van der Waals surface area contributed by atoms with Crippen molar-refractivity contribution in [3.63, 3.8) is 0 Å². The maximum Gasteiger partial charge on any atom is 0.257 e. The molecule has 1 aromatic heterocycles. The molecular formula is C14H23N3O3. The molecule has 0 aliphatic heterocycles. The predicted octanol–water partition coefficient (Wildman–Crippen LogP) is 0.639. The number of aromatic nitrogens is 1. The summed E-state index contributed by atoms with van der Waals surface area (Å²) in [4.78, 5) is 18.0. The number of rotatable bonds is 8. The first-order valence-corrected chi connectivity index (χ1v) is 6.85. The first-order chi connectivity index (χ1) is 9.63. The summed E-state index contributed by atoms with van der Waals surface area (Å²) in [6.45, 7) is 4.80. The summed E-state index contributed by atoms with van der Waals surface area (Å²) in [6, 6.07) is 1.83. The molecule has 0 spiro atoms. The molecule has 1 heterocycles. The lowest BCUT2D eigenvalue weighted by Crippen LogP contribution is -2.36. The maximum absolute atomic E-state index is 12.4. The van der Waals surface area contributed by atoms with Gasteiger partial charge in [-0.3, -0.25) is 9.78 Å². The number of anilines is 1. The van der Waals surface area contributed by atoms with E-state index in [2.05, 4.69) is 10.3 Å². The van der Waals surface area contributed by atoms with Crippen molar-refractivity contribution in [1.82, 2.24) is 9.88 Å². The second kappa shape index (κ2) is 8.50. The highest BCUT2D eigenvalue weighted by Crippen LogP contribution is 2.18. The lowest BCUT2D eigenvalue weighted by Gasteiger charge is -2.22. The molecule has 0 saturated carbocycles. The van der Waals surface area contributed by atoms with Crippen molar-refractivity contribution < 1.29 is 15.0 Å². The summed E-state index contributed by atoms with van der Waals surface area (Å²) in [5.74, 6) is -0.237. The number of hydrogen-bond donors (Lipinski definition) is 3. The zero-order valence-corrected chi connectivity index (χ0v) is 12.1. The Morgan fingerprint density at radius 3 is 2.55 bits per heavy atom. The molecule has 1 amide bonds. The molecule has 0 radical (unpaired) electrons. The summed E-state index contributed by atoms with van der Waals surface area (Å²) in [5, 5.41) is 21.2. The fourth-order valence-electron chi connectivity index (χ4n) is 1.86. The van der Waals surface area contributed by atoms with Gasteiger partial charge in [0.25, 0.3) is 5.91 Å². The van der Waals surface area contributed by atoms with E-state index in [1.54, 1.807) is 0 Å². The molecule has 1 aromatic rings. The lowest BCUT2D eigenvalue weighted by molar-refractivity contribution is 0.0685. The highest BCUT2D eigenvalue weighted by atomic mass is 16.3. The van der Waals surface area contributed by atoms with Crippen molar-refractivity contribution in [3.05, 3.63) is 23.5 Å². The molecule has 0 aromatic carbocycles. The summed E-state index contributed by atoms with van der Waals surface area (Å²) in [6.07, 6.45) is 2.49. The second-order valence-electron chi connectivity index (χ2n) is 4.54. The van der Waals surface area contributed by atoms with Gasteiger partial charge in [0, 0.05) is 31.5 Å². The SMILES string of the molecule is CCCNc1cc(C)ncc1C(=O)N(CCO)CCO. The standard InChI is InChI=1S/C14H23N3O3/c1-3-4-15-13-9-11(2)16-10-12(13)14(20)17(5-7-18)6-8-19/h9-10,18-19H,3-8H2,1-2H3,(H,15,16). The molecule has 0 fully saturated rings. The van der Waals surface area contributed by atoms with Gasteiger partial charge in [0.2, 0.25) is 0 Å². The van der Waals surface area contributed by atoms with E-state index < -0.39 is 0 Å². The van der Waals surface area contributed by atoms with Crippen molar-refractivity contribution in [1.29, 1.82) is 0 Å². The van der Waals surface area contributed by atoms with E-state index in [0.29, 0.717) is 5.56 Å². The number of carbonyl (C=O) groups is 1. The molecule has 0 saturated heterocycles. The first kappa shape index (κ1) is 16.4. The minimum absolute atomic E-state index is 0.136. The van der Waals surface area contributed by atoms with Crippen molar-refractivity contribution in [2.24, 2.45) is 0 Å². The van der Waals surface area contributed by atoms with Crippen LogP contribution in [0, 0.1) is 6.92 Å². The van der Waals surface area contributed by atoms with Gasteiger partial charge in [-0.2, -0.15) is 0 Å². The molecular weight excluding hydrogens is 258 g/mol. The zero-order chi connectivity index (χ0) is 15.0. The third-order valence-corrected chi connectivity index (χ3v) is 2.86. The third-order valence-electron chi connectivity index (χ3n) is 2.86. The quantitative estimate of drug-likeness (QED) is 0.651. The molecule has 6 heteroatoms. The van der Waals surface area contributed by atoms with Crippen LogP contribution < -0.4 is 5.32 Å². The van der Waals surface area contributed by atoms with Gasteiger partial charge in [0.05, 0.1) is 24.5 Å². The fraction of sp³-hybridized carbons (Fsp3) is 0.571. The normalized spacial score (nSPS) is 10.4. The smallest absolute Gasteiger partial charge is 0.257 e. The van der Waals surface area contributed by atoms with E-state index in [1.165, 1.54) is 11.1 Å². The van der Waals surface area contributed by atoms with Crippen LogP contribution >= 0.6 is 0 Å². The van der Waals surface area contributed by atoms with Crippen LogP contribution in [0.1, 0.15) is 29.4 Å². The van der Waals surface area contributed by atoms with Gasteiger partial charge in [0.1, 0.15) is 0 Å². The van der Waals surface area contributed by atoms with Crippen LogP contribution in [0.4, 0.5) is 5.69 Å². The Morgan fingerprint density at radius 2 is 2.00 bits per heavy atom. The van der Waals surface area contributed by atoms with Crippen LogP contribution in [0.25, 0.3) is 0 Å². The summed E-state index contributed by atoms with van der Waals surface area (Å²) in [7, 11) is 0. The average Bonchev–Trinajstić information content (AvgIpc) is 2.44. The number of nitrogens with zero attached hydrogens (tertiary/aromatic N) is 2. The van der Waals surface area contributed by atoms with Gasteiger partial charge in [-0.1, -0.05) is 6.92 Å². The molecule has 3 N–H and O–H groups in total. The number of hydrogen-bond acceptors (Lipinski definition) is 5. The molecule has 1 rings (SSSR count). The molecule has 0 aliphatic rings. The summed E-state index contributed by atoms with van der Waals surface area (Å²) in [5.41, 5.74) is 2.03. The third kappa shape index (κ3) is 4.47. The highest BCUT2D eigenvalue weighted by molar-refractivity contribution is 5.99. The van der Waals surface area contributed by atoms with E-state index in [9.17, 15) is 4.79 Å². The van der Waals surface area contributed by atoms with Gasteiger partial charge in [-0.15, -0.1) is 0 Å². The number of nitrogens with one attached hydrogen (secondary N) is 1. The van der Waals surface area contributed by atoms with Crippen LogP contribution in [-0.2, 0) is 0 Å². The lowest BCUT2D eigenvalue weighted by atomic mass is 10.1. The minimum Gasteiger partial charge on any atom is -0.395 e. The van der Waals surface area contributed by atoms with Crippen LogP contribution in [0.2, 0.25) is 0 Å². The number of aliphatic hydroxyl groups excluding tert-OH is 2. The van der Waals surface area contributed by atoms with Crippen LogP contribution in [0.5, 0.6) is 0 Å². The Morgan fingerprint density at radius 1 is 1.35 bits per heavy atom. The van der Waals surface area contributed by atoms with Gasteiger partial charge in [-0.25, -0.2) is 0 Å². The molecule has 0 bridgehead atoms. The fourth-order valence-corrected chi connectivity index (χ4v) is 1.86. The average molecular weight is 281 g/mol. The van der Waals surface area contributed by atoms with E-state index in [1.807, 2.05) is 19.9 Å². The van der Waals surface area contributed by atoms with Gasteiger partial charge in [0.15, 0.2) is 0 Å². The Hall–Kier alpha value is -1.66. The van der Waals surface area contributed by atoms with Crippen molar-refractivity contribution in [3.8, 4) is 0 Å². The largest absolute Gasteiger partial charge is 0.395 e. The number of pyridine rings is 1. The number of carbonyl (C=O) groups excluding carboxylic acids is 1. The number of aryl methyl sites for hydroxylation is 1. The van der Waals surface area contributed by atoms with Crippen molar-refractivity contribution in [2.75, 3.05) is 38.2 Å². The second-order valence-corrected chi connectivity index (χ2v) is 4.54. The number of aliphatic hydroxyl groups is 2. The summed E-state index contributed by atoms with van der Waals surface area (Å²) < 4.78 is 0. The Bertz CT molecular complexity index is 432. The summed E-state index contributed by atoms with van der Waals surface area (Å²) >= 11 is 0. The van der Waals surface area contributed by atoms with Gasteiger partial charge >= 0.3 is 0 Å². The van der Waals surface area contributed by atoms with Crippen LogP contribution in [0.3, 0.4) is 0 Å². The molecule has 0 unspecified atom stereocenters. The van der Waals surface area contributed by atoms with Crippen LogP contribution in [0.15, 0.2) is 12.3 Å². The maximum atomic E-state index is 12.4. The van der Waals surface area contributed by atoms with E-state index in [0.717, 1.165) is 24.3 Å². The van der Waals surface area contributed by atoms with Crippen molar-refractivity contribution >= 4 is 11.6 Å². The zero-order valence-electron chi connectivity index (χ0n) is 12.1. The molecule has 0 atom stereocenters. The molecule has 112 valence electrons. The van der Waals surface area contributed by atoms with Gasteiger partial charge in [-0.05, 0) is 19.4 Å². The first-order valence-electron chi connectivity index (χ1n) is 6.85. The Balaban J connectivity index is 2.99. The minimum atomic E-state index is -0.237. The molecule has 0 aliphatic carbocycles. The topological polar surface area (TPSA) is 85.7 Å². The van der Waals surface area contributed by atoms with Gasteiger partial charge < -0.3 is 20.4 Å². The van der Waals surface area contributed by atoms with Crippen LogP contribution in [-0.4, -0.2) is 58.9 Å². The Labute approximate surface area is 119 Å².